The minimum Gasteiger partial charge on any atom is -0.507 e. The Labute approximate surface area is 98.1 Å². The van der Waals surface area contributed by atoms with Crippen LogP contribution in [0.5, 0.6) is 11.5 Å². The van der Waals surface area contributed by atoms with Crippen LogP contribution in [-0.2, 0) is 0 Å². The molecule has 0 heterocycles. The zero-order valence-corrected chi connectivity index (χ0v) is 9.52. The average molecular weight is 232 g/mol. The number of fused-ring (bicyclic) bond motifs is 1. The molecule has 0 amide bonds. The van der Waals surface area contributed by atoms with Crippen LogP contribution >= 0.6 is 0 Å². The van der Waals surface area contributed by atoms with Crippen molar-refractivity contribution in [3.05, 3.63) is 35.4 Å². The molecule has 0 saturated heterocycles. The van der Waals surface area contributed by atoms with Gasteiger partial charge in [-0.05, 0) is 36.1 Å². The molecule has 2 aromatic rings. The first-order chi connectivity index (χ1) is 8.04. The van der Waals surface area contributed by atoms with E-state index in [1.54, 1.807) is 12.1 Å². The molecular weight excluding hydrogens is 220 g/mol. The Morgan fingerprint density at radius 2 is 1.94 bits per heavy atom. The number of carboxylic acids is 1. The van der Waals surface area contributed by atoms with Crippen molar-refractivity contribution >= 4 is 16.7 Å². The molecule has 4 heteroatoms. The number of methoxy groups -OCH3 is 1. The van der Waals surface area contributed by atoms with Crippen LogP contribution in [0.25, 0.3) is 10.8 Å². The molecule has 0 unspecified atom stereocenters. The molecule has 88 valence electrons. The highest BCUT2D eigenvalue weighted by Crippen LogP contribution is 2.32. The Hall–Kier alpha value is -2.23. The first kappa shape index (κ1) is 11.3. The van der Waals surface area contributed by atoms with E-state index in [0.29, 0.717) is 11.1 Å². The van der Waals surface area contributed by atoms with Gasteiger partial charge in [0.25, 0.3) is 0 Å². The van der Waals surface area contributed by atoms with Crippen LogP contribution in [0.4, 0.5) is 0 Å². The predicted molar refractivity (Wildman–Crippen MR) is 63.9 cm³/mol. The molecule has 2 rings (SSSR count). The molecule has 0 spiro atoms. The summed E-state index contributed by atoms with van der Waals surface area (Å²) in [6, 6.07) is 6.54. The highest BCUT2D eigenvalue weighted by Gasteiger charge is 2.15. The van der Waals surface area contributed by atoms with E-state index in [-0.39, 0.29) is 11.3 Å². The second-order valence-electron chi connectivity index (χ2n) is 3.80. The van der Waals surface area contributed by atoms with Crippen LogP contribution in [-0.4, -0.2) is 23.3 Å². The van der Waals surface area contributed by atoms with Gasteiger partial charge >= 0.3 is 5.97 Å². The third-order valence-corrected chi connectivity index (χ3v) is 2.74. The summed E-state index contributed by atoms with van der Waals surface area (Å²) in [5.74, 6) is -0.818. The average Bonchev–Trinajstić information content (AvgIpc) is 2.27. The highest BCUT2D eigenvalue weighted by molar-refractivity contribution is 6.07. The van der Waals surface area contributed by atoms with Crippen LogP contribution < -0.4 is 4.74 Å². The number of aromatic carboxylic acids is 1. The lowest BCUT2D eigenvalue weighted by Crippen LogP contribution is -1.99. The lowest BCUT2D eigenvalue weighted by atomic mass is 9.99. The van der Waals surface area contributed by atoms with Gasteiger partial charge in [0.1, 0.15) is 17.1 Å². The Kier molecular flexibility index (Phi) is 2.63. The number of hydrogen-bond acceptors (Lipinski definition) is 3. The third kappa shape index (κ3) is 1.78. The van der Waals surface area contributed by atoms with E-state index in [2.05, 4.69) is 0 Å². The van der Waals surface area contributed by atoms with E-state index in [1.165, 1.54) is 13.2 Å². The molecule has 0 radical (unpaired) electrons. The molecule has 0 atom stereocenters. The van der Waals surface area contributed by atoms with E-state index < -0.39 is 5.97 Å². The maximum Gasteiger partial charge on any atom is 0.340 e. The molecule has 2 aromatic carbocycles. The van der Waals surface area contributed by atoms with Gasteiger partial charge < -0.3 is 14.9 Å². The van der Waals surface area contributed by atoms with E-state index >= 15 is 0 Å². The van der Waals surface area contributed by atoms with Crippen molar-refractivity contribution < 1.29 is 19.7 Å². The van der Waals surface area contributed by atoms with Gasteiger partial charge in [0.2, 0.25) is 0 Å². The molecule has 0 saturated carbocycles. The second-order valence-corrected chi connectivity index (χ2v) is 3.80. The van der Waals surface area contributed by atoms with Crippen molar-refractivity contribution in [3.63, 3.8) is 0 Å². The largest absolute Gasteiger partial charge is 0.507 e. The molecule has 0 aromatic heterocycles. The summed E-state index contributed by atoms with van der Waals surface area (Å²) in [4.78, 5) is 11.1. The van der Waals surface area contributed by atoms with Crippen LogP contribution in [0.1, 0.15) is 15.9 Å². The van der Waals surface area contributed by atoms with Gasteiger partial charge in [-0.2, -0.15) is 0 Å². The molecule has 0 aliphatic heterocycles. The summed E-state index contributed by atoms with van der Waals surface area (Å²) in [6.45, 7) is 1.87. The molecule has 0 aliphatic rings. The normalized spacial score (nSPS) is 10.5. The lowest BCUT2D eigenvalue weighted by Gasteiger charge is -2.09. The first-order valence-electron chi connectivity index (χ1n) is 5.08. The Balaban J connectivity index is 2.91. The van der Waals surface area contributed by atoms with Gasteiger partial charge in [0.05, 0.1) is 7.11 Å². The number of carboxylic acid groups (broad SMARTS) is 1. The summed E-state index contributed by atoms with van der Waals surface area (Å²) in [7, 11) is 1.52. The lowest BCUT2D eigenvalue weighted by molar-refractivity contribution is 0.0696. The van der Waals surface area contributed by atoms with Crippen LogP contribution in [0.15, 0.2) is 24.3 Å². The minimum absolute atomic E-state index is 0.0931. The quantitative estimate of drug-likeness (QED) is 0.835. The number of benzene rings is 2. The summed E-state index contributed by atoms with van der Waals surface area (Å²) in [5.41, 5.74) is 0.811. The molecule has 4 nitrogen and oxygen atoms in total. The van der Waals surface area contributed by atoms with Gasteiger partial charge in [-0.15, -0.1) is 0 Å². The van der Waals surface area contributed by atoms with Gasteiger partial charge in [0, 0.05) is 5.39 Å². The molecule has 0 fully saturated rings. The monoisotopic (exact) mass is 232 g/mol. The zero-order valence-electron chi connectivity index (χ0n) is 9.52. The van der Waals surface area contributed by atoms with Crippen molar-refractivity contribution in [1.29, 1.82) is 0 Å². The SMILES string of the molecule is COc1cc(C)c2ccc(O)c(C(=O)O)c2c1. The molecule has 17 heavy (non-hydrogen) atoms. The minimum atomic E-state index is -1.15. The Bertz CT molecular complexity index is 602. The van der Waals surface area contributed by atoms with Crippen LogP contribution in [0.2, 0.25) is 0 Å². The number of aryl methyl sites for hydroxylation is 1. The van der Waals surface area contributed by atoms with Crippen molar-refractivity contribution in [1.82, 2.24) is 0 Å². The number of rotatable bonds is 2. The Morgan fingerprint density at radius 3 is 2.53 bits per heavy atom. The van der Waals surface area contributed by atoms with Crippen molar-refractivity contribution in [2.24, 2.45) is 0 Å². The number of hydrogen-bond donors (Lipinski definition) is 2. The standard InChI is InChI=1S/C13H12O4/c1-7-5-8(17-2)6-10-9(7)3-4-11(14)12(10)13(15)16/h3-6,14H,1-2H3,(H,15,16). The van der Waals surface area contributed by atoms with E-state index in [0.717, 1.165) is 10.9 Å². The zero-order chi connectivity index (χ0) is 12.6. The fourth-order valence-electron chi connectivity index (χ4n) is 1.92. The summed E-state index contributed by atoms with van der Waals surface area (Å²) in [5, 5.41) is 20.0. The van der Waals surface area contributed by atoms with Crippen LogP contribution in [0, 0.1) is 6.92 Å². The molecule has 2 N–H and O–H groups in total. The predicted octanol–water partition coefficient (Wildman–Crippen LogP) is 2.56. The first-order valence-corrected chi connectivity index (χ1v) is 5.08. The smallest absolute Gasteiger partial charge is 0.340 e. The third-order valence-electron chi connectivity index (χ3n) is 2.74. The van der Waals surface area contributed by atoms with Crippen molar-refractivity contribution in [2.45, 2.75) is 6.92 Å². The maximum atomic E-state index is 11.1. The van der Waals surface area contributed by atoms with E-state index in [9.17, 15) is 9.90 Å². The van der Waals surface area contributed by atoms with Gasteiger partial charge in [-0.3, -0.25) is 0 Å². The fraction of sp³-hybridized carbons (Fsp3) is 0.154. The Morgan fingerprint density at radius 1 is 1.24 bits per heavy atom. The second kappa shape index (κ2) is 3.97. The number of aromatic hydroxyl groups is 1. The summed E-state index contributed by atoms with van der Waals surface area (Å²) < 4.78 is 5.10. The van der Waals surface area contributed by atoms with Crippen LogP contribution in [0.3, 0.4) is 0 Å². The van der Waals surface area contributed by atoms with Gasteiger partial charge in [-0.25, -0.2) is 4.79 Å². The van der Waals surface area contributed by atoms with E-state index in [1.807, 2.05) is 13.0 Å². The van der Waals surface area contributed by atoms with Gasteiger partial charge in [0.15, 0.2) is 0 Å². The van der Waals surface area contributed by atoms with E-state index in [4.69, 9.17) is 9.84 Å². The number of carbonyl (C=O) groups is 1. The molecular formula is C13H12O4. The topological polar surface area (TPSA) is 66.8 Å². The summed E-state index contributed by atoms with van der Waals surface area (Å²) in [6.07, 6.45) is 0. The number of phenols is 1. The number of ether oxygens (including phenoxy) is 1. The molecule has 0 bridgehead atoms. The van der Waals surface area contributed by atoms with Crippen molar-refractivity contribution in [3.8, 4) is 11.5 Å². The highest BCUT2D eigenvalue weighted by atomic mass is 16.5. The maximum absolute atomic E-state index is 11.1. The fourth-order valence-corrected chi connectivity index (χ4v) is 1.92. The van der Waals surface area contributed by atoms with Crippen molar-refractivity contribution in [2.75, 3.05) is 7.11 Å². The molecule has 0 aliphatic carbocycles. The summed E-state index contributed by atoms with van der Waals surface area (Å²) >= 11 is 0. The van der Waals surface area contributed by atoms with Gasteiger partial charge in [-0.1, -0.05) is 6.07 Å².